The van der Waals surface area contributed by atoms with Gasteiger partial charge in [0.15, 0.2) is 5.70 Å². The Morgan fingerprint density at radius 1 is 1.29 bits per heavy atom. The van der Waals surface area contributed by atoms with E-state index in [2.05, 4.69) is 18.9 Å². The number of quaternary nitrogens is 1. The van der Waals surface area contributed by atoms with E-state index < -0.39 is 0 Å². The van der Waals surface area contributed by atoms with Crippen LogP contribution in [-0.4, -0.2) is 6.21 Å². The second kappa shape index (κ2) is 2.78. The number of thiophene rings is 1. The molecule has 0 spiro atoms. The van der Waals surface area contributed by atoms with E-state index in [9.17, 15) is 0 Å². The Balaban J connectivity index is 2.26. The fraction of sp³-hybridized carbons (Fsp3) is 0.364. The highest BCUT2D eigenvalue weighted by molar-refractivity contribution is 7.12. The van der Waals surface area contributed by atoms with Gasteiger partial charge in [0.05, 0.1) is 11.8 Å². The molecule has 2 aliphatic rings. The first-order valence-electron chi connectivity index (χ1n) is 4.96. The molecule has 1 aromatic rings. The quantitative estimate of drug-likeness (QED) is 0.623. The van der Waals surface area contributed by atoms with Crippen LogP contribution in [0.1, 0.15) is 27.3 Å². The first-order chi connectivity index (χ1) is 6.77. The van der Waals surface area contributed by atoms with Crippen molar-refractivity contribution in [3.8, 4) is 0 Å². The number of allylic oxidation sites excluding steroid dienone is 1. The molecule has 0 aromatic carbocycles. The maximum atomic E-state index is 4.26. The highest BCUT2D eigenvalue weighted by atomic mass is 32.1. The third-order valence-electron chi connectivity index (χ3n) is 3.08. The van der Waals surface area contributed by atoms with Crippen molar-refractivity contribution < 1.29 is 5.43 Å². The zero-order chi connectivity index (χ0) is 9.71. The molecule has 0 saturated carbocycles. The van der Waals surface area contributed by atoms with Gasteiger partial charge in [-0.15, -0.1) is 11.3 Å². The summed E-state index contributed by atoms with van der Waals surface area (Å²) in [7, 11) is 0. The normalized spacial score (nSPS) is 18.7. The molecule has 2 N–H and O–H groups in total. The van der Waals surface area contributed by atoms with Gasteiger partial charge in [0.2, 0.25) is 0 Å². The molecular weight excluding hydrogens is 192 g/mol. The van der Waals surface area contributed by atoms with E-state index in [1.54, 1.807) is 5.56 Å². The minimum absolute atomic E-state index is 1.17. The molecule has 2 nitrogen and oxygen atoms in total. The maximum Gasteiger partial charge on any atom is 0.169 e. The first-order valence-corrected chi connectivity index (χ1v) is 5.78. The summed E-state index contributed by atoms with van der Waals surface area (Å²) in [6.07, 6.45) is 4.38. The van der Waals surface area contributed by atoms with Crippen molar-refractivity contribution in [3.63, 3.8) is 0 Å². The highest BCUT2D eigenvalue weighted by Gasteiger charge is 2.29. The van der Waals surface area contributed by atoms with Gasteiger partial charge < -0.3 is 0 Å². The van der Waals surface area contributed by atoms with E-state index in [4.69, 9.17) is 0 Å². The van der Waals surface area contributed by atoms with E-state index in [0.717, 1.165) is 0 Å². The number of hydrogen-bond donors (Lipinski definition) is 1. The predicted molar refractivity (Wildman–Crippen MR) is 59.5 cm³/mol. The second-order valence-electron chi connectivity index (χ2n) is 3.91. The molecule has 0 unspecified atom stereocenters. The average Bonchev–Trinajstić information content (AvgIpc) is 2.71. The van der Waals surface area contributed by atoms with Gasteiger partial charge in [-0.25, -0.2) is 0 Å². The largest absolute Gasteiger partial charge is 0.187 e. The molecule has 1 aliphatic carbocycles. The van der Waals surface area contributed by atoms with Crippen LogP contribution in [-0.2, 0) is 6.42 Å². The zero-order valence-electron chi connectivity index (χ0n) is 8.42. The Labute approximate surface area is 87.3 Å². The van der Waals surface area contributed by atoms with Crippen molar-refractivity contribution in [2.75, 3.05) is 0 Å². The molecule has 0 amide bonds. The van der Waals surface area contributed by atoms with Gasteiger partial charge in [-0.05, 0) is 32.3 Å². The molecule has 0 saturated heterocycles. The van der Waals surface area contributed by atoms with E-state index in [0.29, 0.717) is 0 Å². The van der Waals surface area contributed by atoms with Crippen molar-refractivity contribution in [1.29, 1.82) is 0 Å². The smallest absolute Gasteiger partial charge is 0.169 e. The second-order valence-corrected chi connectivity index (χ2v) is 5.34. The van der Waals surface area contributed by atoms with E-state index in [-0.39, 0.29) is 0 Å². The van der Waals surface area contributed by atoms with Crippen molar-refractivity contribution in [3.05, 3.63) is 26.5 Å². The Bertz CT molecular complexity index is 466. The number of nitrogens with zero attached hydrogens (tertiary/aromatic N) is 1. The number of aryl methyl sites for hydroxylation is 2. The van der Waals surface area contributed by atoms with Crippen LogP contribution in [0.5, 0.6) is 0 Å². The lowest BCUT2D eigenvalue weighted by molar-refractivity contribution is -0.565. The van der Waals surface area contributed by atoms with Gasteiger partial charge >= 0.3 is 0 Å². The maximum absolute atomic E-state index is 4.26. The van der Waals surface area contributed by atoms with Gasteiger partial charge in [-0.2, -0.15) is 5.43 Å². The molecule has 0 bridgehead atoms. The molecule has 3 heteroatoms. The topological polar surface area (TPSA) is 29.0 Å². The summed E-state index contributed by atoms with van der Waals surface area (Å²) in [5.41, 5.74) is 7.87. The molecule has 72 valence electrons. The lowest BCUT2D eigenvalue weighted by Crippen LogP contribution is -2.73. The SMILES string of the molecule is Cc1sc(C)c2c1CCC1=C2[NH2+]N=C1. The molecule has 0 atom stereocenters. The third-order valence-corrected chi connectivity index (χ3v) is 4.14. The summed E-state index contributed by atoms with van der Waals surface area (Å²) >= 11 is 1.92. The lowest BCUT2D eigenvalue weighted by Gasteiger charge is -2.11. The summed E-state index contributed by atoms with van der Waals surface area (Å²) in [5, 5.41) is 4.26. The zero-order valence-corrected chi connectivity index (χ0v) is 9.24. The van der Waals surface area contributed by atoms with Crippen LogP contribution >= 0.6 is 11.3 Å². The average molecular weight is 205 g/mol. The van der Waals surface area contributed by atoms with Gasteiger partial charge in [-0.1, -0.05) is 5.10 Å². The first kappa shape index (κ1) is 8.38. The molecule has 3 rings (SSSR count). The summed E-state index contributed by atoms with van der Waals surface area (Å²) in [4.78, 5) is 2.94. The summed E-state index contributed by atoms with van der Waals surface area (Å²) in [6.45, 7) is 4.45. The predicted octanol–water partition coefficient (Wildman–Crippen LogP) is 1.59. The Hall–Kier alpha value is -0.930. The summed E-state index contributed by atoms with van der Waals surface area (Å²) in [5.74, 6) is 0. The fourth-order valence-corrected chi connectivity index (χ4v) is 3.54. The fourth-order valence-electron chi connectivity index (χ4n) is 2.42. The number of rotatable bonds is 0. The number of nitrogens with two attached hydrogens (primary N) is 1. The Kier molecular flexibility index (Phi) is 1.66. The summed E-state index contributed by atoms with van der Waals surface area (Å²) in [6, 6.07) is 0. The highest BCUT2D eigenvalue weighted by Crippen LogP contribution is 2.37. The van der Waals surface area contributed by atoms with Crippen molar-refractivity contribution >= 4 is 23.2 Å². The molecule has 1 aliphatic heterocycles. The van der Waals surface area contributed by atoms with Gasteiger partial charge in [-0.3, -0.25) is 0 Å². The summed E-state index contributed by atoms with van der Waals surface area (Å²) < 4.78 is 0. The number of fused-ring (bicyclic) bond motifs is 2. The minimum atomic E-state index is 1.17. The van der Waals surface area contributed by atoms with Gasteiger partial charge in [0.25, 0.3) is 0 Å². The van der Waals surface area contributed by atoms with Gasteiger partial charge in [0.1, 0.15) is 0 Å². The van der Waals surface area contributed by atoms with Crippen LogP contribution in [0.15, 0.2) is 10.7 Å². The van der Waals surface area contributed by atoms with Crippen LogP contribution in [0.4, 0.5) is 0 Å². The van der Waals surface area contributed by atoms with Crippen LogP contribution in [0.2, 0.25) is 0 Å². The van der Waals surface area contributed by atoms with Crippen molar-refractivity contribution in [2.24, 2.45) is 5.10 Å². The number of hydrogen-bond acceptors (Lipinski definition) is 2. The minimum Gasteiger partial charge on any atom is -0.187 e. The van der Waals surface area contributed by atoms with E-state index >= 15 is 0 Å². The molecular formula is C11H13N2S+. The van der Waals surface area contributed by atoms with Crippen LogP contribution in [0, 0.1) is 13.8 Å². The molecule has 0 radical (unpaired) electrons. The standard InChI is InChI=1S/C11H12N2S/c1-6-9-4-3-8-5-12-13-11(8)10(9)7(2)14-6/h5H,3-4H2,1-2H3,(H,12,13)/p+1. The molecule has 2 heterocycles. The van der Waals surface area contributed by atoms with Crippen molar-refractivity contribution in [1.82, 2.24) is 0 Å². The third kappa shape index (κ3) is 0.967. The van der Waals surface area contributed by atoms with Crippen LogP contribution in [0.25, 0.3) is 5.70 Å². The Morgan fingerprint density at radius 2 is 2.14 bits per heavy atom. The van der Waals surface area contributed by atoms with E-state index in [1.807, 2.05) is 23.0 Å². The monoisotopic (exact) mass is 205 g/mol. The van der Waals surface area contributed by atoms with Gasteiger partial charge in [0, 0.05) is 15.3 Å². The Morgan fingerprint density at radius 3 is 3.00 bits per heavy atom. The molecule has 0 fully saturated rings. The molecule has 14 heavy (non-hydrogen) atoms. The lowest BCUT2D eigenvalue weighted by atomic mass is 9.91. The van der Waals surface area contributed by atoms with E-state index in [1.165, 1.54) is 39.4 Å². The van der Waals surface area contributed by atoms with Crippen LogP contribution in [0.3, 0.4) is 0 Å². The van der Waals surface area contributed by atoms with Crippen LogP contribution < -0.4 is 5.43 Å². The molecule has 1 aromatic heterocycles. The van der Waals surface area contributed by atoms with Crippen molar-refractivity contribution in [2.45, 2.75) is 26.7 Å².